The Kier molecular flexibility index (Phi) is 20.7. The molecule has 0 bridgehead atoms. The maximum absolute atomic E-state index is 6.83. The molecular formula is C30H86O12Si12. The number of hydrogen-bond acceptors (Lipinski definition) is 12. The maximum Gasteiger partial charge on any atom is 0.322 e. The van der Waals surface area contributed by atoms with E-state index in [-0.39, 0.29) is 0 Å². The fourth-order valence-corrected chi connectivity index (χ4v) is 68.5. The van der Waals surface area contributed by atoms with Gasteiger partial charge in [-0.1, -0.05) is 20.3 Å². The van der Waals surface area contributed by atoms with Crippen molar-refractivity contribution in [2.75, 3.05) is 6.61 Å². The smallest absolute Gasteiger partial charge is 0.322 e. The van der Waals surface area contributed by atoms with Crippen LogP contribution in [0.3, 0.4) is 0 Å². The van der Waals surface area contributed by atoms with Crippen LogP contribution in [0.5, 0.6) is 0 Å². The summed E-state index contributed by atoms with van der Waals surface area (Å²) in [7, 11) is -30.5. The summed E-state index contributed by atoms with van der Waals surface area (Å²) < 4.78 is 80.3. The van der Waals surface area contributed by atoms with Crippen molar-refractivity contribution >= 4 is 102 Å². The minimum atomic E-state index is -2.73. The zero-order valence-electron chi connectivity index (χ0n) is 39.7. The molecule has 0 N–H and O–H groups in total. The maximum atomic E-state index is 6.83. The first-order valence-electron chi connectivity index (χ1n) is 19.8. The Morgan fingerprint density at radius 1 is 0.241 bits per heavy atom. The van der Waals surface area contributed by atoms with Crippen molar-refractivity contribution in [2.24, 2.45) is 0 Å². The molecule has 0 aromatic rings. The van der Waals surface area contributed by atoms with Gasteiger partial charge in [-0.2, -0.15) is 0 Å². The van der Waals surface area contributed by atoms with Crippen LogP contribution in [-0.2, 0) is 49.7 Å². The van der Waals surface area contributed by atoms with Gasteiger partial charge in [0.1, 0.15) is 0 Å². The Balaban J connectivity index is 5.58. The molecule has 0 aliphatic heterocycles. The zero-order valence-corrected chi connectivity index (χ0v) is 51.7. The van der Waals surface area contributed by atoms with Crippen LogP contribution in [0.15, 0.2) is 0 Å². The van der Waals surface area contributed by atoms with Crippen LogP contribution >= 0.6 is 0 Å². The standard InChI is InChI=1S/C30H86O12Si12/c1-27-29-31-44(5,6)33-46(9,10)35-48(13,14)37-50(17,18)39-52(21,22)41-54(25,26)42-53(23,24)40-51(19,20)38-49(15,16)36-47(11,12)34-45(7,8)32-43(3,4)30-28-2/h27-30H2,1-26H3. The lowest BCUT2D eigenvalue weighted by Gasteiger charge is -2.45. The highest BCUT2D eigenvalue weighted by atomic mass is 28.5. The zero-order chi connectivity index (χ0) is 43.3. The van der Waals surface area contributed by atoms with Gasteiger partial charge in [-0.3, -0.25) is 0 Å². The molecule has 0 saturated heterocycles. The average Bonchev–Trinajstić information content (AvgIpc) is 2.72. The second kappa shape index (κ2) is 19.9. The molecule has 0 unspecified atom stereocenters. The molecule has 0 heterocycles. The predicted octanol–water partition coefficient (Wildman–Crippen LogP) is 10.9. The first-order chi connectivity index (χ1) is 23.4. The Hall–Kier alpha value is 2.12. The van der Waals surface area contributed by atoms with Gasteiger partial charge in [-0.25, -0.2) is 0 Å². The minimum absolute atomic E-state index is 0.691. The van der Waals surface area contributed by atoms with Crippen molar-refractivity contribution in [3.63, 3.8) is 0 Å². The van der Waals surface area contributed by atoms with E-state index in [0.717, 1.165) is 18.9 Å². The molecule has 24 heteroatoms. The normalized spacial score (nSPS) is 15.7. The second-order valence-electron chi connectivity index (χ2n) is 19.9. The van der Waals surface area contributed by atoms with Crippen LogP contribution in [0.4, 0.5) is 0 Å². The summed E-state index contributed by atoms with van der Waals surface area (Å²) in [6.45, 7) is 55.4. The lowest BCUT2D eigenvalue weighted by Crippen LogP contribution is -2.62. The first-order valence-corrected chi connectivity index (χ1v) is 53.8. The average molecular weight is 976 g/mol. The van der Waals surface area contributed by atoms with E-state index in [1.807, 2.05) is 0 Å². The molecule has 0 radical (unpaired) electrons. The third-order valence-corrected chi connectivity index (χ3v) is 53.1. The largest absolute Gasteiger partial charge is 0.436 e. The molecule has 0 aliphatic carbocycles. The Labute approximate surface area is 346 Å². The van der Waals surface area contributed by atoms with Gasteiger partial charge in [0.15, 0.2) is 8.32 Å². The van der Waals surface area contributed by atoms with E-state index >= 15 is 0 Å². The van der Waals surface area contributed by atoms with E-state index in [1.165, 1.54) is 0 Å². The molecule has 0 fully saturated rings. The van der Waals surface area contributed by atoms with Gasteiger partial charge in [0.25, 0.3) is 0 Å². The number of rotatable bonds is 27. The summed E-state index contributed by atoms with van der Waals surface area (Å²) in [6, 6.07) is 1.12. The molecule has 0 aliphatic rings. The third-order valence-electron chi connectivity index (χ3n) is 6.94. The van der Waals surface area contributed by atoms with Crippen molar-refractivity contribution in [1.29, 1.82) is 0 Å². The highest BCUT2D eigenvalue weighted by molar-refractivity contribution is 6.93. The summed E-state index contributed by atoms with van der Waals surface area (Å²) in [4.78, 5) is 0. The molecule has 12 nitrogen and oxygen atoms in total. The molecule has 0 atom stereocenters. The second-order valence-corrected chi connectivity index (χ2v) is 64.0. The topological polar surface area (TPSA) is 111 Å². The van der Waals surface area contributed by atoms with Crippen molar-refractivity contribution < 1.29 is 49.7 Å². The highest BCUT2D eigenvalue weighted by Crippen LogP contribution is 2.32. The summed E-state index contributed by atoms with van der Waals surface area (Å²) in [5.41, 5.74) is 0. The molecule has 0 aromatic carbocycles. The van der Waals surface area contributed by atoms with Crippen LogP contribution in [0, 0.1) is 0 Å². The first kappa shape index (κ1) is 56.1. The fraction of sp³-hybridized carbons (Fsp3) is 1.00. The van der Waals surface area contributed by atoms with Crippen LogP contribution in [0.25, 0.3) is 0 Å². The van der Waals surface area contributed by atoms with E-state index in [9.17, 15) is 0 Å². The van der Waals surface area contributed by atoms with Crippen LogP contribution in [-0.4, -0.2) is 109 Å². The lowest BCUT2D eigenvalue weighted by atomic mass is 10.5. The van der Waals surface area contributed by atoms with Crippen molar-refractivity contribution in [3.05, 3.63) is 0 Å². The van der Waals surface area contributed by atoms with Gasteiger partial charge in [-0.15, -0.1) is 0 Å². The Morgan fingerprint density at radius 3 is 0.611 bits per heavy atom. The van der Waals surface area contributed by atoms with E-state index < -0.39 is 102 Å². The van der Waals surface area contributed by atoms with Crippen LogP contribution in [0.1, 0.15) is 26.7 Å². The van der Waals surface area contributed by atoms with Gasteiger partial charge in [0, 0.05) is 6.61 Å². The van der Waals surface area contributed by atoms with Crippen LogP contribution < -0.4 is 0 Å². The molecule has 0 aromatic heterocycles. The summed E-state index contributed by atoms with van der Waals surface area (Å²) >= 11 is 0. The Morgan fingerprint density at radius 2 is 0.426 bits per heavy atom. The minimum Gasteiger partial charge on any atom is -0.436 e. The third kappa shape index (κ3) is 25.7. The number of hydrogen-bond donors (Lipinski definition) is 0. The molecule has 0 spiro atoms. The molecule has 54 heavy (non-hydrogen) atoms. The highest BCUT2D eigenvalue weighted by Gasteiger charge is 2.51. The van der Waals surface area contributed by atoms with E-state index in [1.54, 1.807) is 0 Å². The van der Waals surface area contributed by atoms with E-state index in [4.69, 9.17) is 49.7 Å². The van der Waals surface area contributed by atoms with E-state index in [0.29, 0.717) is 6.61 Å². The van der Waals surface area contributed by atoms with Crippen molar-refractivity contribution in [2.45, 2.75) is 190 Å². The van der Waals surface area contributed by atoms with Gasteiger partial charge in [-0.05, 0) is 170 Å². The quantitative estimate of drug-likeness (QED) is 0.0731. The molecule has 326 valence electrons. The fourth-order valence-electron chi connectivity index (χ4n) is 7.82. The predicted molar refractivity (Wildman–Crippen MR) is 253 cm³/mol. The summed E-state index contributed by atoms with van der Waals surface area (Å²) in [5, 5.41) is 0. The monoisotopic (exact) mass is 974 g/mol. The van der Waals surface area contributed by atoms with Gasteiger partial charge in [0.2, 0.25) is 0 Å². The van der Waals surface area contributed by atoms with E-state index in [2.05, 4.69) is 171 Å². The molecule has 0 rings (SSSR count). The molecule has 0 saturated carbocycles. The van der Waals surface area contributed by atoms with Crippen molar-refractivity contribution in [3.8, 4) is 0 Å². The van der Waals surface area contributed by atoms with Crippen molar-refractivity contribution in [1.82, 2.24) is 0 Å². The van der Waals surface area contributed by atoms with Gasteiger partial charge >= 0.3 is 94.2 Å². The van der Waals surface area contributed by atoms with Crippen LogP contribution in [0.2, 0.25) is 163 Å². The summed E-state index contributed by atoms with van der Waals surface area (Å²) in [6.07, 6.45) is 2.07. The molecule has 0 amide bonds. The summed E-state index contributed by atoms with van der Waals surface area (Å²) in [5.74, 6) is 0. The molecular weight excluding hydrogens is 889 g/mol. The van der Waals surface area contributed by atoms with Gasteiger partial charge in [0.05, 0.1) is 0 Å². The SMILES string of the molecule is CCCO[Si](C)(C)O[Si](C)(C)O[Si](C)(C)O[Si](C)(C)O[Si](C)(C)O[Si](C)(C)O[Si](C)(C)O[Si](C)(C)O[Si](C)(C)O[Si](C)(C)O[Si](C)(C)O[Si](C)(C)CCC. The van der Waals surface area contributed by atoms with Gasteiger partial charge < -0.3 is 49.7 Å². The lowest BCUT2D eigenvalue weighted by molar-refractivity contribution is 0.221. The Bertz CT molecular complexity index is 1170.